The van der Waals surface area contributed by atoms with Gasteiger partial charge in [0, 0.05) is 6.42 Å². The van der Waals surface area contributed by atoms with Gasteiger partial charge in [-0.15, -0.1) is 0 Å². The first-order valence-corrected chi connectivity index (χ1v) is 7.62. The predicted molar refractivity (Wildman–Crippen MR) is 82.7 cm³/mol. The first-order chi connectivity index (χ1) is 10.1. The zero-order chi connectivity index (χ0) is 14.9. The molecule has 1 fully saturated rings. The van der Waals surface area contributed by atoms with Crippen molar-refractivity contribution in [3.63, 3.8) is 0 Å². The molecule has 1 saturated carbocycles. The third-order valence-corrected chi connectivity index (χ3v) is 4.55. The van der Waals surface area contributed by atoms with Gasteiger partial charge in [0.05, 0.1) is 5.60 Å². The van der Waals surface area contributed by atoms with Crippen molar-refractivity contribution in [3.05, 3.63) is 71.0 Å². The van der Waals surface area contributed by atoms with Crippen molar-refractivity contribution in [2.75, 3.05) is 0 Å². The lowest BCUT2D eigenvalue weighted by atomic mass is 9.74. The molecule has 0 amide bonds. The highest BCUT2D eigenvalue weighted by Gasteiger charge is 2.30. The smallest absolute Gasteiger partial charge is 0.123 e. The zero-order valence-electron chi connectivity index (χ0n) is 12.3. The third-order valence-electron chi connectivity index (χ3n) is 4.55. The Morgan fingerprint density at radius 1 is 1.10 bits per heavy atom. The van der Waals surface area contributed by atoms with Crippen LogP contribution in [0.3, 0.4) is 0 Å². The Labute approximate surface area is 125 Å². The summed E-state index contributed by atoms with van der Waals surface area (Å²) in [6.07, 6.45) is 4.20. The van der Waals surface area contributed by atoms with Crippen molar-refractivity contribution < 1.29 is 9.50 Å². The summed E-state index contributed by atoms with van der Waals surface area (Å²) in [4.78, 5) is 0. The van der Waals surface area contributed by atoms with Crippen molar-refractivity contribution in [2.24, 2.45) is 0 Å². The maximum Gasteiger partial charge on any atom is 0.123 e. The van der Waals surface area contributed by atoms with E-state index in [1.54, 1.807) is 12.1 Å². The van der Waals surface area contributed by atoms with Crippen LogP contribution in [0.25, 0.3) is 0 Å². The predicted octanol–water partition coefficient (Wildman–Crippen LogP) is 4.54. The molecule has 0 heterocycles. The Morgan fingerprint density at radius 2 is 1.76 bits per heavy atom. The maximum absolute atomic E-state index is 13.0. The van der Waals surface area contributed by atoms with Crippen molar-refractivity contribution in [3.8, 4) is 0 Å². The van der Waals surface area contributed by atoms with E-state index in [0.717, 1.165) is 11.1 Å². The highest BCUT2D eigenvalue weighted by Crippen LogP contribution is 2.41. The SMILES string of the molecule is CC(O)(Cc1ccc(F)cc1)c1ccccc1C1CCC1. The molecule has 21 heavy (non-hydrogen) atoms. The van der Waals surface area contributed by atoms with Crippen molar-refractivity contribution >= 4 is 0 Å². The van der Waals surface area contributed by atoms with E-state index in [0.29, 0.717) is 12.3 Å². The molecular weight excluding hydrogens is 263 g/mol. The summed E-state index contributed by atoms with van der Waals surface area (Å²) in [5.74, 6) is 0.342. The third kappa shape index (κ3) is 3.01. The number of benzene rings is 2. The molecule has 1 N–H and O–H groups in total. The Bertz CT molecular complexity index is 612. The second kappa shape index (κ2) is 5.61. The molecule has 1 nitrogen and oxygen atoms in total. The molecule has 1 atom stereocenters. The number of aliphatic hydroxyl groups is 1. The van der Waals surface area contributed by atoms with Crippen LogP contribution in [0.2, 0.25) is 0 Å². The molecule has 1 unspecified atom stereocenters. The van der Waals surface area contributed by atoms with Gasteiger partial charge in [0.2, 0.25) is 0 Å². The fraction of sp³-hybridized carbons (Fsp3) is 0.368. The summed E-state index contributed by atoms with van der Waals surface area (Å²) in [7, 11) is 0. The standard InChI is InChI=1S/C19H21FO/c1-19(21,13-14-9-11-16(20)12-10-14)18-8-3-2-7-17(18)15-5-4-6-15/h2-3,7-12,15,21H,4-6,13H2,1H3. The summed E-state index contributed by atoms with van der Waals surface area (Å²) in [6, 6.07) is 14.6. The Balaban J connectivity index is 1.88. The Hall–Kier alpha value is -1.67. The van der Waals surface area contributed by atoms with E-state index < -0.39 is 5.60 Å². The minimum Gasteiger partial charge on any atom is -0.385 e. The molecule has 0 aromatic heterocycles. The minimum atomic E-state index is -0.927. The van der Waals surface area contributed by atoms with Gasteiger partial charge < -0.3 is 5.11 Å². The fourth-order valence-corrected chi connectivity index (χ4v) is 3.16. The number of hydrogen-bond donors (Lipinski definition) is 1. The van der Waals surface area contributed by atoms with Gasteiger partial charge in [-0.1, -0.05) is 42.8 Å². The first kappa shape index (κ1) is 14.3. The van der Waals surface area contributed by atoms with E-state index in [4.69, 9.17) is 0 Å². The molecule has 1 aliphatic rings. The molecular formula is C19H21FO. The first-order valence-electron chi connectivity index (χ1n) is 7.62. The Morgan fingerprint density at radius 3 is 2.38 bits per heavy atom. The molecule has 0 spiro atoms. The lowest BCUT2D eigenvalue weighted by molar-refractivity contribution is 0.0558. The lowest BCUT2D eigenvalue weighted by Gasteiger charge is -2.33. The lowest BCUT2D eigenvalue weighted by Crippen LogP contribution is -2.27. The monoisotopic (exact) mass is 284 g/mol. The van der Waals surface area contributed by atoms with Crippen LogP contribution in [0.1, 0.15) is 48.8 Å². The highest BCUT2D eigenvalue weighted by atomic mass is 19.1. The summed E-state index contributed by atoms with van der Waals surface area (Å²) < 4.78 is 13.0. The van der Waals surface area contributed by atoms with Gasteiger partial charge in [-0.2, -0.15) is 0 Å². The average Bonchev–Trinajstić information content (AvgIpc) is 2.40. The number of hydrogen-bond acceptors (Lipinski definition) is 1. The van der Waals surface area contributed by atoms with Crippen LogP contribution in [-0.4, -0.2) is 5.11 Å². The van der Waals surface area contributed by atoms with Crippen LogP contribution < -0.4 is 0 Å². The second-order valence-corrected chi connectivity index (χ2v) is 6.29. The quantitative estimate of drug-likeness (QED) is 0.873. The molecule has 3 rings (SSSR count). The maximum atomic E-state index is 13.0. The highest BCUT2D eigenvalue weighted by molar-refractivity contribution is 5.37. The molecule has 2 heteroatoms. The molecule has 2 aromatic rings. The van der Waals surface area contributed by atoms with Gasteiger partial charge in [-0.3, -0.25) is 0 Å². The molecule has 2 aromatic carbocycles. The molecule has 0 radical (unpaired) electrons. The average molecular weight is 284 g/mol. The van der Waals surface area contributed by atoms with Crippen LogP contribution in [0.5, 0.6) is 0 Å². The largest absolute Gasteiger partial charge is 0.385 e. The molecule has 0 bridgehead atoms. The second-order valence-electron chi connectivity index (χ2n) is 6.29. The van der Waals surface area contributed by atoms with E-state index in [9.17, 15) is 9.50 Å². The van der Waals surface area contributed by atoms with E-state index in [1.807, 2.05) is 25.1 Å². The molecule has 110 valence electrons. The number of rotatable bonds is 4. The summed E-state index contributed by atoms with van der Waals surface area (Å²) in [6.45, 7) is 1.86. The van der Waals surface area contributed by atoms with Crippen LogP contribution in [0, 0.1) is 5.82 Å². The van der Waals surface area contributed by atoms with Crippen LogP contribution in [-0.2, 0) is 12.0 Å². The fourth-order valence-electron chi connectivity index (χ4n) is 3.16. The Kier molecular flexibility index (Phi) is 3.81. The minimum absolute atomic E-state index is 0.242. The van der Waals surface area contributed by atoms with Crippen molar-refractivity contribution in [1.29, 1.82) is 0 Å². The van der Waals surface area contributed by atoms with Gasteiger partial charge in [-0.05, 0) is 54.5 Å². The summed E-state index contributed by atoms with van der Waals surface area (Å²) in [5.41, 5.74) is 2.31. The van der Waals surface area contributed by atoms with Crippen molar-refractivity contribution in [1.82, 2.24) is 0 Å². The van der Waals surface area contributed by atoms with Gasteiger partial charge in [0.1, 0.15) is 5.82 Å². The topological polar surface area (TPSA) is 20.2 Å². The molecule has 0 aliphatic heterocycles. The summed E-state index contributed by atoms with van der Waals surface area (Å²) >= 11 is 0. The number of halogens is 1. The zero-order valence-corrected chi connectivity index (χ0v) is 12.3. The van der Waals surface area contributed by atoms with Gasteiger partial charge in [0.15, 0.2) is 0 Å². The summed E-state index contributed by atoms with van der Waals surface area (Å²) in [5, 5.41) is 11.0. The van der Waals surface area contributed by atoms with E-state index >= 15 is 0 Å². The molecule has 1 aliphatic carbocycles. The van der Waals surface area contributed by atoms with Crippen LogP contribution in [0.4, 0.5) is 4.39 Å². The van der Waals surface area contributed by atoms with Crippen molar-refractivity contribution in [2.45, 2.75) is 44.1 Å². The normalized spacial score (nSPS) is 18.0. The van der Waals surface area contributed by atoms with E-state index in [2.05, 4.69) is 6.07 Å². The van der Waals surface area contributed by atoms with Gasteiger partial charge in [0.25, 0.3) is 0 Å². The van der Waals surface area contributed by atoms with Gasteiger partial charge >= 0.3 is 0 Å². The van der Waals surface area contributed by atoms with Crippen LogP contribution >= 0.6 is 0 Å². The van der Waals surface area contributed by atoms with Crippen LogP contribution in [0.15, 0.2) is 48.5 Å². The van der Waals surface area contributed by atoms with Gasteiger partial charge in [-0.25, -0.2) is 4.39 Å². The van der Waals surface area contributed by atoms with E-state index in [-0.39, 0.29) is 5.82 Å². The molecule has 0 saturated heterocycles. The van der Waals surface area contributed by atoms with E-state index in [1.165, 1.54) is 37.0 Å².